The SMILES string of the molecule is CC(C)(C)CC(=O)N1CCN(Cc2noc(-c3ccc(Cl)cc3Cl)n2)CC1. The molecule has 8 heteroatoms. The van der Waals surface area contributed by atoms with E-state index in [1.54, 1.807) is 18.2 Å². The minimum atomic E-state index is 0.0121. The lowest BCUT2D eigenvalue weighted by molar-refractivity contribution is -0.134. The highest BCUT2D eigenvalue weighted by atomic mass is 35.5. The first kappa shape index (κ1) is 20.1. The van der Waals surface area contributed by atoms with Crippen LogP contribution in [0.5, 0.6) is 0 Å². The summed E-state index contributed by atoms with van der Waals surface area (Å²) in [6.07, 6.45) is 0.572. The number of benzene rings is 1. The number of carbonyl (C=O) groups is 1. The molecule has 1 aliphatic rings. The summed E-state index contributed by atoms with van der Waals surface area (Å²) in [5.41, 5.74) is 0.676. The van der Waals surface area contributed by atoms with Gasteiger partial charge in [0.2, 0.25) is 5.91 Å². The standard InChI is InChI=1S/C19H24Cl2N4O2/c1-19(2,3)11-17(26)25-8-6-24(7-9-25)12-16-22-18(27-23-16)14-5-4-13(20)10-15(14)21/h4-5,10H,6-9,11-12H2,1-3H3. The number of carbonyl (C=O) groups excluding carboxylic acids is 1. The fraction of sp³-hybridized carbons (Fsp3) is 0.526. The Balaban J connectivity index is 1.56. The number of aromatic nitrogens is 2. The number of hydrogen-bond acceptors (Lipinski definition) is 5. The van der Waals surface area contributed by atoms with Gasteiger partial charge in [-0.25, -0.2) is 0 Å². The molecule has 2 aromatic rings. The Morgan fingerprint density at radius 3 is 2.52 bits per heavy atom. The van der Waals surface area contributed by atoms with Crippen molar-refractivity contribution < 1.29 is 9.32 Å². The number of hydrogen-bond donors (Lipinski definition) is 0. The highest BCUT2D eigenvalue weighted by Crippen LogP contribution is 2.29. The Labute approximate surface area is 169 Å². The van der Waals surface area contributed by atoms with E-state index in [0.717, 1.165) is 26.2 Å². The van der Waals surface area contributed by atoms with Gasteiger partial charge in [0.05, 0.1) is 17.1 Å². The van der Waals surface area contributed by atoms with Crippen molar-refractivity contribution in [3.05, 3.63) is 34.1 Å². The van der Waals surface area contributed by atoms with Crippen molar-refractivity contribution in [1.29, 1.82) is 0 Å². The van der Waals surface area contributed by atoms with Crippen LogP contribution in [0.1, 0.15) is 33.0 Å². The van der Waals surface area contributed by atoms with E-state index in [1.807, 2.05) is 4.90 Å². The van der Waals surface area contributed by atoms with Crippen LogP contribution in [0.4, 0.5) is 0 Å². The molecule has 0 N–H and O–H groups in total. The van der Waals surface area contributed by atoms with Gasteiger partial charge in [0.15, 0.2) is 5.82 Å². The molecule has 0 saturated carbocycles. The molecule has 6 nitrogen and oxygen atoms in total. The molecule has 1 fully saturated rings. The zero-order valence-electron chi connectivity index (χ0n) is 15.8. The van der Waals surface area contributed by atoms with Crippen LogP contribution in [-0.2, 0) is 11.3 Å². The number of amides is 1. The molecule has 1 saturated heterocycles. The molecule has 3 rings (SSSR count). The summed E-state index contributed by atoms with van der Waals surface area (Å²) in [5, 5.41) is 5.09. The molecule has 1 aliphatic heterocycles. The van der Waals surface area contributed by atoms with Crippen molar-refractivity contribution in [1.82, 2.24) is 19.9 Å². The van der Waals surface area contributed by atoms with E-state index in [4.69, 9.17) is 27.7 Å². The molecule has 1 aromatic carbocycles. The molecule has 2 heterocycles. The van der Waals surface area contributed by atoms with E-state index in [-0.39, 0.29) is 11.3 Å². The molecule has 1 aromatic heterocycles. The third-order valence-electron chi connectivity index (χ3n) is 4.40. The van der Waals surface area contributed by atoms with Crippen molar-refractivity contribution in [2.24, 2.45) is 5.41 Å². The third-order valence-corrected chi connectivity index (χ3v) is 4.95. The van der Waals surface area contributed by atoms with Gasteiger partial charge in [-0.3, -0.25) is 9.69 Å². The van der Waals surface area contributed by atoms with E-state index in [2.05, 4.69) is 35.8 Å². The summed E-state index contributed by atoms with van der Waals surface area (Å²) < 4.78 is 5.35. The van der Waals surface area contributed by atoms with Gasteiger partial charge >= 0.3 is 0 Å². The van der Waals surface area contributed by atoms with Crippen molar-refractivity contribution in [2.75, 3.05) is 26.2 Å². The van der Waals surface area contributed by atoms with E-state index in [1.165, 1.54) is 0 Å². The smallest absolute Gasteiger partial charge is 0.259 e. The first-order valence-electron chi connectivity index (χ1n) is 8.99. The largest absolute Gasteiger partial charge is 0.340 e. The molecule has 27 heavy (non-hydrogen) atoms. The number of nitrogens with zero attached hydrogens (tertiary/aromatic N) is 4. The zero-order chi connectivity index (χ0) is 19.6. The molecule has 0 unspecified atom stereocenters. The van der Waals surface area contributed by atoms with Crippen LogP contribution in [0, 0.1) is 5.41 Å². The van der Waals surface area contributed by atoms with Crippen molar-refractivity contribution in [3.63, 3.8) is 0 Å². The van der Waals surface area contributed by atoms with Crippen molar-refractivity contribution in [3.8, 4) is 11.5 Å². The predicted molar refractivity (Wildman–Crippen MR) is 106 cm³/mol. The maximum atomic E-state index is 12.3. The third kappa shape index (κ3) is 5.43. The van der Waals surface area contributed by atoms with Gasteiger partial charge in [-0.1, -0.05) is 49.1 Å². The maximum absolute atomic E-state index is 12.3. The lowest BCUT2D eigenvalue weighted by atomic mass is 9.91. The van der Waals surface area contributed by atoms with Gasteiger partial charge in [0.1, 0.15) is 0 Å². The van der Waals surface area contributed by atoms with E-state index in [9.17, 15) is 4.79 Å². The molecule has 1 amide bonds. The number of rotatable bonds is 4. The summed E-state index contributed by atoms with van der Waals surface area (Å²) in [6, 6.07) is 5.15. The Bertz CT molecular complexity index is 808. The monoisotopic (exact) mass is 410 g/mol. The predicted octanol–water partition coefficient (Wildman–Crippen LogP) is 4.12. The van der Waals surface area contributed by atoms with Crippen LogP contribution >= 0.6 is 23.2 Å². The second kappa shape index (κ2) is 8.17. The highest BCUT2D eigenvalue weighted by Gasteiger charge is 2.25. The molecule has 146 valence electrons. The summed E-state index contributed by atoms with van der Waals surface area (Å²) >= 11 is 12.1. The topological polar surface area (TPSA) is 62.5 Å². The van der Waals surface area contributed by atoms with E-state index >= 15 is 0 Å². The Kier molecular flexibility index (Phi) is 6.08. The molecule has 0 bridgehead atoms. The van der Waals surface area contributed by atoms with Gasteiger partial charge in [0.25, 0.3) is 5.89 Å². The minimum Gasteiger partial charge on any atom is -0.340 e. The van der Waals surface area contributed by atoms with E-state index < -0.39 is 0 Å². The van der Waals surface area contributed by atoms with Gasteiger partial charge < -0.3 is 9.42 Å². The van der Waals surface area contributed by atoms with Gasteiger partial charge in [-0.15, -0.1) is 0 Å². The van der Waals surface area contributed by atoms with Crippen LogP contribution in [0.3, 0.4) is 0 Å². The van der Waals surface area contributed by atoms with Gasteiger partial charge in [-0.05, 0) is 23.6 Å². The Hall–Kier alpha value is -1.63. The highest BCUT2D eigenvalue weighted by molar-refractivity contribution is 6.36. The van der Waals surface area contributed by atoms with Crippen molar-refractivity contribution in [2.45, 2.75) is 33.7 Å². The summed E-state index contributed by atoms with van der Waals surface area (Å²) in [5.74, 6) is 1.21. The second-order valence-electron chi connectivity index (χ2n) is 8.03. The number of piperazine rings is 1. The maximum Gasteiger partial charge on any atom is 0.259 e. The fourth-order valence-corrected chi connectivity index (χ4v) is 3.50. The lowest BCUT2D eigenvalue weighted by Gasteiger charge is -2.35. The van der Waals surface area contributed by atoms with Crippen LogP contribution in [0.25, 0.3) is 11.5 Å². The normalized spacial score (nSPS) is 16.0. The Morgan fingerprint density at radius 1 is 1.19 bits per heavy atom. The summed E-state index contributed by atoms with van der Waals surface area (Å²) in [4.78, 5) is 20.9. The molecule has 0 atom stereocenters. The zero-order valence-corrected chi connectivity index (χ0v) is 17.3. The van der Waals surface area contributed by atoms with Gasteiger partial charge in [-0.2, -0.15) is 4.98 Å². The molecule has 0 aliphatic carbocycles. The quantitative estimate of drug-likeness (QED) is 0.757. The second-order valence-corrected chi connectivity index (χ2v) is 8.88. The fourth-order valence-electron chi connectivity index (χ4n) is 3.01. The van der Waals surface area contributed by atoms with Crippen LogP contribution in [0.15, 0.2) is 22.7 Å². The number of halogens is 2. The van der Waals surface area contributed by atoms with Crippen molar-refractivity contribution >= 4 is 29.1 Å². The van der Waals surface area contributed by atoms with Gasteiger partial charge in [0, 0.05) is 37.6 Å². The molecule has 0 spiro atoms. The molecular weight excluding hydrogens is 387 g/mol. The lowest BCUT2D eigenvalue weighted by Crippen LogP contribution is -2.49. The summed E-state index contributed by atoms with van der Waals surface area (Å²) in [6.45, 7) is 9.87. The first-order valence-corrected chi connectivity index (χ1v) is 9.75. The van der Waals surface area contributed by atoms with Crippen LogP contribution in [-0.4, -0.2) is 52.0 Å². The Morgan fingerprint density at radius 2 is 1.89 bits per heavy atom. The van der Waals surface area contributed by atoms with Crippen LogP contribution < -0.4 is 0 Å². The average molecular weight is 411 g/mol. The van der Waals surface area contributed by atoms with E-state index in [0.29, 0.717) is 40.3 Å². The average Bonchev–Trinajstić information content (AvgIpc) is 3.02. The molecule has 0 radical (unpaired) electrons. The summed E-state index contributed by atoms with van der Waals surface area (Å²) in [7, 11) is 0. The minimum absolute atomic E-state index is 0.0121. The van der Waals surface area contributed by atoms with Crippen LogP contribution in [0.2, 0.25) is 10.0 Å². The molecular formula is C19H24Cl2N4O2. The first-order chi connectivity index (χ1) is 12.7.